The van der Waals surface area contributed by atoms with Gasteiger partial charge in [0.1, 0.15) is 5.75 Å². The average Bonchev–Trinajstić information content (AvgIpc) is 3.23. The van der Waals surface area contributed by atoms with Crippen molar-refractivity contribution in [3.05, 3.63) is 65.3 Å². The number of ether oxygens (including phenoxy) is 2. The Morgan fingerprint density at radius 3 is 2.73 bits per heavy atom. The van der Waals surface area contributed by atoms with E-state index in [1.165, 1.54) is 33.8 Å². The molecule has 1 saturated heterocycles. The molecule has 4 rings (SSSR count). The predicted octanol–water partition coefficient (Wildman–Crippen LogP) is 3.92. The zero-order valence-electron chi connectivity index (χ0n) is 17.1. The Morgan fingerprint density at radius 1 is 1.21 bits per heavy atom. The van der Waals surface area contributed by atoms with Gasteiger partial charge < -0.3 is 19.5 Å². The number of aromatic nitrogens is 2. The summed E-state index contributed by atoms with van der Waals surface area (Å²) in [6.07, 6.45) is -5.33. The lowest BCUT2D eigenvalue weighted by Crippen LogP contribution is -2.47. The van der Waals surface area contributed by atoms with Crippen LogP contribution >= 0.6 is 11.6 Å². The Bertz CT molecular complexity index is 1150. The molecule has 0 radical (unpaired) electrons. The zero-order chi connectivity index (χ0) is 23.6. The van der Waals surface area contributed by atoms with E-state index in [1.807, 2.05) is 0 Å². The lowest BCUT2D eigenvalue weighted by molar-refractivity contribution is -0.274. The number of aliphatic hydroxyl groups excluding tert-OH is 1. The van der Waals surface area contributed by atoms with Crippen LogP contribution in [0.25, 0.3) is 16.9 Å². The van der Waals surface area contributed by atoms with Gasteiger partial charge in [0.05, 0.1) is 30.7 Å². The van der Waals surface area contributed by atoms with Gasteiger partial charge in [-0.25, -0.2) is 4.68 Å². The van der Waals surface area contributed by atoms with Gasteiger partial charge in [0.2, 0.25) is 0 Å². The lowest BCUT2D eigenvalue weighted by Gasteiger charge is -2.31. The van der Waals surface area contributed by atoms with Crippen molar-refractivity contribution < 1.29 is 32.5 Å². The summed E-state index contributed by atoms with van der Waals surface area (Å²) in [5.74, 6) is -0.785. The van der Waals surface area contributed by atoms with E-state index in [9.17, 15) is 23.1 Å². The maximum absolute atomic E-state index is 13.1. The van der Waals surface area contributed by atoms with Crippen LogP contribution in [0.5, 0.6) is 5.75 Å². The van der Waals surface area contributed by atoms with E-state index >= 15 is 0 Å². The van der Waals surface area contributed by atoms with Gasteiger partial charge in [-0.3, -0.25) is 4.79 Å². The molecule has 0 aliphatic carbocycles. The van der Waals surface area contributed by atoms with Crippen molar-refractivity contribution in [1.29, 1.82) is 0 Å². The minimum atomic E-state index is -4.84. The first kappa shape index (κ1) is 23.1. The van der Waals surface area contributed by atoms with E-state index in [4.69, 9.17) is 16.3 Å². The second-order valence-electron chi connectivity index (χ2n) is 7.31. The van der Waals surface area contributed by atoms with Crippen LogP contribution in [0.3, 0.4) is 0 Å². The molecule has 1 aliphatic rings. The minimum absolute atomic E-state index is 0.0886. The SMILES string of the molecule is O=C(c1cc(-c2cccc(OC(F)(F)F)c2)n(-c2cccc(Cl)c2)n1)N1CCOC(CO)C1. The third kappa shape index (κ3) is 5.47. The normalized spacial score (nSPS) is 16.6. The summed E-state index contributed by atoms with van der Waals surface area (Å²) in [6.45, 7) is 0.570. The highest BCUT2D eigenvalue weighted by molar-refractivity contribution is 6.30. The van der Waals surface area contributed by atoms with Crippen LogP contribution in [-0.2, 0) is 4.74 Å². The predicted molar refractivity (Wildman–Crippen MR) is 113 cm³/mol. The van der Waals surface area contributed by atoms with Crippen LogP contribution in [0.2, 0.25) is 5.02 Å². The summed E-state index contributed by atoms with van der Waals surface area (Å²) < 4.78 is 49.0. The number of carbonyl (C=O) groups is 1. The number of rotatable bonds is 5. The summed E-state index contributed by atoms with van der Waals surface area (Å²) in [5, 5.41) is 14.2. The van der Waals surface area contributed by atoms with Gasteiger partial charge in [0.15, 0.2) is 5.69 Å². The number of benzene rings is 2. The number of aliphatic hydroxyl groups is 1. The Hall–Kier alpha value is -3.08. The zero-order valence-corrected chi connectivity index (χ0v) is 17.9. The topological polar surface area (TPSA) is 76.8 Å². The van der Waals surface area contributed by atoms with Crippen molar-refractivity contribution in [2.24, 2.45) is 0 Å². The highest BCUT2D eigenvalue weighted by Crippen LogP contribution is 2.31. The van der Waals surface area contributed by atoms with E-state index in [-0.39, 0.29) is 31.4 Å². The van der Waals surface area contributed by atoms with Crippen molar-refractivity contribution in [2.75, 3.05) is 26.3 Å². The number of morpholine rings is 1. The molecule has 2 aromatic carbocycles. The number of nitrogens with zero attached hydrogens (tertiary/aromatic N) is 3. The number of carbonyl (C=O) groups excluding carboxylic acids is 1. The van der Waals surface area contributed by atoms with Gasteiger partial charge in [-0.1, -0.05) is 29.8 Å². The van der Waals surface area contributed by atoms with E-state index in [1.54, 1.807) is 30.3 Å². The highest BCUT2D eigenvalue weighted by Gasteiger charge is 2.31. The first-order chi connectivity index (χ1) is 15.7. The molecular weight excluding hydrogens is 463 g/mol. The van der Waals surface area contributed by atoms with Gasteiger partial charge in [-0.05, 0) is 36.4 Å². The molecule has 1 atom stereocenters. The molecule has 0 saturated carbocycles. The maximum Gasteiger partial charge on any atom is 0.573 e. The Labute approximate surface area is 191 Å². The van der Waals surface area contributed by atoms with Crippen LogP contribution in [0.4, 0.5) is 13.2 Å². The lowest BCUT2D eigenvalue weighted by atomic mass is 10.1. The highest BCUT2D eigenvalue weighted by atomic mass is 35.5. The molecule has 1 aliphatic heterocycles. The van der Waals surface area contributed by atoms with Gasteiger partial charge in [-0.15, -0.1) is 13.2 Å². The molecule has 11 heteroatoms. The molecule has 1 fully saturated rings. The smallest absolute Gasteiger partial charge is 0.406 e. The quantitative estimate of drug-likeness (QED) is 0.597. The molecule has 33 heavy (non-hydrogen) atoms. The first-order valence-electron chi connectivity index (χ1n) is 9.97. The van der Waals surface area contributed by atoms with Gasteiger partial charge in [0, 0.05) is 23.7 Å². The number of amides is 1. The number of alkyl halides is 3. The van der Waals surface area contributed by atoms with Crippen molar-refractivity contribution in [1.82, 2.24) is 14.7 Å². The molecule has 1 aromatic heterocycles. The van der Waals surface area contributed by atoms with Crippen molar-refractivity contribution in [2.45, 2.75) is 12.5 Å². The number of hydrogen-bond acceptors (Lipinski definition) is 5. The Balaban J connectivity index is 1.75. The van der Waals surface area contributed by atoms with Crippen molar-refractivity contribution >= 4 is 17.5 Å². The van der Waals surface area contributed by atoms with Crippen molar-refractivity contribution in [3.63, 3.8) is 0 Å². The summed E-state index contributed by atoms with van der Waals surface area (Å²) >= 11 is 6.12. The summed E-state index contributed by atoms with van der Waals surface area (Å²) in [6, 6.07) is 13.6. The molecule has 3 aromatic rings. The number of hydrogen-bond donors (Lipinski definition) is 1. The van der Waals surface area contributed by atoms with Gasteiger partial charge in [-0.2, -0.15) is 5.10 Å². The standard InChI is InChI=1S/C22H19ClF3N3O4/c23-15-4-2-5-16(10-15)29-20(14-3-1-6-17(9-14)33-22(24,25)26)11-19(27-29)21(31)28-7-8-32-18(12-28)13-30/h1-6,9-11,18,30H,7-8,12-13H2. The van der Waals surface area contributed by atoms with Gasteiger partial charge in [0.25, 0.3) is 5.91 Å². The second-order valence-corrected chi connectivity index (χ2v) is 7.75. The molecular formula is C22H19ClF3N3O4. The maximum atomic E-state index is 13.1. The second kappa shape index (κ2) is 9.42. The van der Waals surface area contributed by atoms with Crippen LogP contribution in [0.1, 0.15) is 10.5 Å². The molecule has 174 valence electrons. The molecule has 7 nitrogen and oxygen atoms in total. The first-order valence-corrected chi connectivity index (χ1v) is 10.4. The molecule has 2 heterocycles. The van der Waals surface area contributed by atoms with E-state index < -0.39 is 18.2 Å². The largest absolute Gasteiger partial charge is 0.573 e. The monoisotopic (exact) mass is 481 g/mol. The summed E-state index contributed by atoms with van der Waals surface area (Å²) in [4.78, 5) is 14.6. The minimum Gasteiger partial charge on any atom is -0.406 e. The molecule has 1 unspecified atom stereocenters. The average molecular weight is 482 g/mol. The van der Waals surface area contributed by atoms with E-state index in [2.05, 4.69) is 9.84 Å². The fraction of sp³-hybridized carbons (Fsp3) is 0.273. The third-order valence-electron chi connectivity index (χ3n) is 4.97. The van der Waals surface area contributed by atoms with Crippen LogP contribution in [-0.4, -0.2) is 64.5 Å². The summed E-state index contributed by atoms with van der Waals surface area (Å²) in [7, 11) is 0. The van der Waals surface area contributed by atoms with E-state index in [0.717, 1.165) is 0 Å². The summed E-state index contributed by atoms with van der Waals surface area (Å²) in [5.41, 5.74) is 1.35. The van der Waals surface area contributed by atoms with Crippen LogP contribution < -0.4 is 4.74 Å². The van der Waals surface area contributed by atoms with E-state index in [0.29, 0.717) is 28.5 Å². The Kier molecular flexibility index (Phi) is 6.59. The van der Waals surface area contributed by atoms with Crippen LogP contribution in [0, 0.1) is 0 Å². The Morgan fingerprint density at radius 2 is 2.00 bits per heavy atom. The molecule has 1 N–H and O–H groups in total. The molecule has 0 bridgehead atoms. The fourth-order valence-corrected chi connectivity index (χ4v) is 3.71. The number of halogens is 4. The van der Waals surface area contributed by atoms with Crippen molar-refractivity contribution in [3.8, 4) is 22.7 Å². The third-order valence-corrected chi connectivity index (χ3v) is 5.21. The molecule has 1 amide bonds. The fourth-order valence-electron chi connectivity index (χ4n) is 3.52. The van der Waals surface area contributed by atoms with Crippen LogP contribution in [0.15, 0.2) is 54.6 Å². The van der Waals surface area contributed by atoms with Gasteiger partial charge >= 0.3 is 6.36 Å². The molecule has 0 spiro atoms.